The van der Waals surface area contributed by atoms with E-state index in [1.165, 1.54) is 0 Å². The maximum absolute atomic E-state index is 11.6. The van der Waals surface area contributed by atoms with Gasteiger partial charge in [0.2, 0.25) is 5.44 Å². The molecule has 1 heterocycles. The topological polar surface area (TPSA) is 69.7 Å². The maximum Gasteiger partial charge on any atom is 0.490 e. The van der Waals surface area contributed by atoms with Gasteiger partial charge < -0.3 is 4.74 Å². The maximum atomic E-state index is 11.6. The lowest BCUT2D eigenvalue weighted by Crippen LogP contribution is -2.32. The average Bonchev–Trinajstić information content (AvgIpc) is 2.29. The molecular weight excluding hydrogens is 229 g/mol. The first-order valence-corrected chi connectivity index (χ1v) is 4.86. The fraction of sp³-hybridized carbons (Fsp3) is 0.800. The number of halogens is 3. The Morgan fingerprint density at radius 2 is 2.00 bits per heavy atom. The van der Waals surface area contributed by atoms with Gasteiger partial charge in [0, 0.05) is 6.42 Å². The smallest absolute Gasteiger partial charge is 0.437 e. The van der Waals surface area contributed by atoms with E-state index in [2.05, 4.69) is 8.92 Å². The van der Waals surface area contributed by atoms with Gasteiger partial charge in [0.05, 0.1) is 6.61 Å². The van der Waals surface area contributed by atoms with Crippen LogP contribution in [0.5, 0.6) is 0 Å². The molecule has 0 N–H and O–H groups in total. The predicted octanol–water partition coefficient (Wildman–Crippen LogP) is 0.168. The molecule has 1 atom stereocenters. The molecule has 1 fully saturated rings. The molecule has 1 saturated heterocycles. The van der Waals surface area contributed by atoms with E-state index in [-0.39, 0.29) is 13.0 Å². The van der Waals surface area contributed by atoms with Crippen LogP contribution >= 0.6 is 0 Å². The summed E-state index contributed by atoms with van der Waals surface area (Å²) in [6, 6.07) is 0. The Morgan fingerprint density at radius 3 is 2.36 bits per heavy atom. The van der Waals surface area contributed by atoms with Gasteiger partial charge in [-0.15, -0.1) is 0 Å². The molecule has 1 unspecified atom stereocenters. The summed E-state index contributed by atoms with van der Waals surface area (Å²) in [5.41, 5.74) is -1.85. The Hall–Kier alpha value is -0.830. The summed E-state index contributed by atoms with van der Waals surface area (Å²) in [6.07, 6.45) is -5.48. The first-order valence-electron chi connectivity index (χ1n) is 3.39. The van der Waals surface area contributed by atoms with Crippen molar-refractivity contribution < 1.29 is 35.3 Å². The molecule has 0 aliphatic carbocycles. The summed E-state index contributed by atoms with van der Waals surface area (Å²) in [7, 11) is -4.19. The van der Waals surface area contributed by atoms with Crippen LogP contribution in [0, 0.1) is 0 Å². The Morgan fingerprint density at radius 1 is 1.43 bits per heavy atom. The third-order valence-electron chi connectivity index (χ3n) is 1.39. The number of rotatable bonds is 1. The van der Waals surface area contributed by atoms with Gasteiger partial charge in [0.1, 0.15) is 0 Å². The molecule has 5 nitrogen and oxygen atoms in total. The second kappa shape index (κ2) is 3.39. The third kappa shape index (κ3) is 2.35. The van der Waals surface area contributed by atoms with Crippen LogP contribution in [0.3, 0.4) is 0 Å². The van der Waals surface area contributed by atoms with Crippen molar-refractivity contribution in [3.05, 3.63) is 0 Å². The summed E-state index contributed by atoms with van der Waals surface area (Å²) >= 11 is 0. The fourth-order valence-corrected chi connectivity index (χ4v) is 1.86. The molecule has 0 radical (unpaired) electrons. The zero-order valence-corrected chi connectivity index (χ0v) is 7.39. The second-order valence-electron chi connectivity index (χ2n) is 2.44. The van der Waals surface area contributed by atoms with Crippen molar-refractivity contribution >= 4 is 16.1 Å². The summed E-state index contributed by atoms with van der Waals surface area (Å²) in [4.78, 5) is 10.2. The largest absolute Gasteiger partial charge is 0.490 e. The van der Waals surface area contributed by atoms with Crippen molar-refractivity contribution in [3.8, 4) is 0 Å². The minimum Gasteiger partial charge on any atom is -0.437 e. The molecule has 0 spiro atoms. The second-order valence-corrected chi connectivity index (χ2v) is 4.18. The Labute approximate surface area is 76.9 Å². The van der Waals surface area contributed by atoms with E-state index in [9.17, 15) is 26.4 Å². The molecule has 0 saturated carbocycles. The highest BCUT2D eigenvalue weighted by molar-refractivity contribution is 7.87. The molecule has 0 aromatic rings. The zero-order valence-electron chi connectivity index (χ0n) is 6.57. The van der Waals surface area contributed by atoms with E-state index in [1.807, 2.05) is 0 Å². The van der Waals surface area contributed by atoms with E-state index >= 15 is 0 Å². The molecule has 0 aromatic heterocycles. The zero-order chi connectivity index (χ0) is 11.0. The van der Waals surface area contributed by atoms with E-state index in [4.69, 9.17) is 0 Å². The molecular formula is C5H5F3O5S. The SMILES string of the molecule is O=C(OC1CCOS1(=O)=O)C(F)(F)F. The van der Waals surface area contributed by atoms with Crippen LogP contribution in [0.15, 0.2) is 0 Å². The number of carbonyl (C=O) groups is 1. The van der Waals surface area contributed by atoms with Crippen molar-refractivity contribution in [1.29, 1.82) is 0 Å². The van der Waals surface area contributed by atoms with E-state index in [1.54, 1.807) is 0 Å². The molecule has 0 bridgehead atoms. The van der Waals surface area contributed by atoms with Crippen molar-refractivity contribution in [2.75, 3.05) is 6.61 Å². The average molecular weight is 234 g/mol. The van der Waals surface area contributed by atoms with Crippen LogP contribution in [0.25, 0.3) is 0 Å². The van der Waals surface area contributed by atoms with Gasteiger partial charge in [-0.25, -0.2) is 4.79 Å². The van der Waals surface area contributed by atoms with Crippen LogP contribution in [-0.4, -0.2) is 32.6 Å². The van der Waals surface area contributed by atoms with Gasteiger partial charge in [0.25, 0.3) is 0 Å². The van der Waals surface area contributed by atoms with Crippen LogP contribution in [-0.2, 0) is 23.8 Å². The van der Waals surface area contributed by atoms with Gasteiger partial charge in [-0.1, -0.05) is 0 Å². The molecule has 0 aromatic carbocycles. The van der Waals surface area contributed by atoms with Crippen molar-refractivity contribution in [2.45, 2.75) is 18.0 Å². The first-order chi connectivity index (χ1) is 6.23. The van der Waals surface area contributed by atoms with Crippen LogP contribution in [0.2, 0.25) is 0 Å². The number of hydrogen-bond acceptors (Lipinski definition) is 5. The minimum atomic E-state index is -5.20. The number of esters is 1. The lowest BCUT2D eigenvalue weighted by atomic mass is 10.5. The summed E-state index contributed by atoms with van der Waals surface area (Å²) in [6.45, 7) is -0.280. The lowest BCUT2D eigenvalue weighted by molar-refractivity contribution is -0.201. The van der Waals surface area contributed by atoms with Crippen molar-refractivity contribution in [2.24, 2.45) is 0 Å². The number of ether oxygens (including phenoxy) is 1. The van der Waals surface area contributed by atoms with Gasteiger partial charge in [-0.2, -0.15) is 21.6 Å². The molecule has 1 rings (SSSR count). The normalized spacial score (nSPS) is 26.1. The fourth-order valence-electron chi connectivity index (χ4n) is 0.785. The third-order valence-corrected chi connectivity index (χ3v) is 2.86. The van der Waals surface area contributed by atoms with E-state index in [0.29, 0.717) is 0 Å². The van der Waals surface area contributed by atoms with Crippen LogP contribution < -0.4 is 0 Å². The molecule has 82 valence electrons. The van der Waals surface area contributed by atoms with Crippen LogP contribution in [0.4, 0.5) is 13.2 Å². The standard InChI is InChI=1S/C5H5F3O5S/c6-5(7,8)4(9)13-3-1-2-12-14(3,10)11/h3H,1-2H2. The van der Waals surface area contributed by atoms with Gasteiger partial charge >= 0.3 is 22.3 Å². The molecule has 1 aliphatic rings. The van der Waals surface area contributed by atoms with Crippen LogP contribution in [0.1, 0.15) is 6.42 Å². The van der Waals surface area contributed by atoms with Gasteiger partial charge in [-0.05, 0) is 0 Å². The number of hydrogen-bond donors (Lipinski definition) is 0. The lowest BCUT2D eigenvalue weighted by Gasteiger charge is -2.10. The summed E-state index contributed by atoms with van der Waals surface area (Å²) in [5, 5.41) is 0. The van der Waals surface area contributed by atoms with Crippen molar-refractivity contribution in [3.63, 3.8) is 0 Å². The van der Waals surface area contributed by atoms with E-state index in [0.717, 1.165) is 0 Å². The van der Waals surface area contributed by atoms with Gasteiger partial charge in [-0.3, -0.25) is 4.18 Å². The molecule has 9 heteroatoms. The van der Waals surface area contributed by atoms with Gasteiger partial charge in [0.15, 0.2) is 0 Å². The number of carbonyl (C=O) groups excluding carboxylic acids is 1. The Balaban J connectivity index is 2.67. The highest BCUT2D eigenvalue weighted by Gasteiger charge is 2.46. The Bertz CT molecular complexity index is 332. The first kappa shape index (κ1) is 11.2. The summed E-state index contributed by atoms with van der Waals surface area (Å²) < 4.78 is 64.3. The molecule has 1 aliphatic heterocycles. The quantitative estimate of drug-likeness (QED) is 0.477. The predicted molar refractivity (Wildman–Crippen MR) is 35.4 cm³/mol. The van der Waals surface area contributed by atoms with Crippen molar-refractivity contribution in [1.82, 2.24) is 0 Å². The Kier molecular flexibility index (Phi) is 2.72. The minimum absolute atomic E-state index is 0.280. The number of alkyl halides is 3. The molecule has 0 amide bonds. The highest BCUT2D eigenvalue weighted by Crippen LogP contribution is 2.23. The summed E-state index contributed by atoms with van der Waals surface area (Å²) in [5.74, 6) is -2.53. The molecule has 14 heavy (non-hydrogen) atoms. The highest BCUT2D eigenvalue weighted by atomic mass is 32.2. The van der Waals surface area contributed by atoms with E-state index < -0.39 is 27.7 Å². The monoisotopic (exact) mass is 234 g/mol.